The van der Waals surface area contributed by atoms with Crippen molar-refractivity contribution in [3.63, 3.8) is 0 Å². The first-order chi connectivity index (χ1) is 6.13. The summed E-state index contributed by atoms with van der Waals surface area (Å²) in [4.78, 5) is 0.173. The second-order valence-corrected chi connectivity index (χ2v) is 4.31. The summed E-state index contributed by atoms with van der Waals surface area (Å²) in [5, 5.41) is 10.8. The summed E-state index contributed by atoms with van der Waals surface area (Å²) in [6, 6.07) is 6.43. The molecule has 0 saturated carbocycles. The Morgan fingerprint density at radius 1 is 1.36 bits per heavy atom. The molecule has 0 aromatic heterocycles. The smallest absolute Gasteiger partial charge is 0.240 e. The van der Waals surface area contributed by atoms with Crippen LogP contribution in [-0.4, -0.2) is 8.42 Å². The molecule has 2 rings (SSSR count). The Balaban J connectivity index is 0.000000980. The van der Waals surface area contributed by atoms with Gasteiger partial charge in [0.2, 0.25) is 0 Å². The van der Waals surface area contributed by atoms with Gasteiger partial charge in [0.25, 0.3) is 0 Å². The molecule has 1 aliphatic rings. The van der Waals surface area contributed by atoms with Crippen LogP contribution in [0.3, 0.4) is 0 Å². The molecule has 0 unspecified atom stereocenters. The van der Waals surface area contributed by atoms with Crippen molar-refractivity contribution >= 4 is 15.9 Å². The van der Waals surface area contributed by atoms with Gasteiger partial charge in [0.1, 0.15) is 9.84 Å². The van der Waals surface area contributed by atoms with E-state index in [-0.39, 0.29) is 23.8 Å². The van der Waals surface area contributed by atoms with Gasteiger partial charge in [-0.05, 0) is 11.0 Å². The average molecular weight is 197 g/mol. The number of rotatable bonds is 0. The van der Waals surface area contributed by atoms with E-state index < -0.39 is 9.84 Å². The molecule has 1 aromatic carbocycles. The van der Waals surface area contributed by atoms with Crippen LogP contribution in [0, 0.1) is 16.7 Å². The van der Waals surface area contributed by atoms with E-state index in [0.717, 1.165) is 0 Å². The molecule has 0 N–H and O–H groups in total. The number of sulfone groups is 1. The van der Waals surface area contributed by atoms with Crippen LogP contribution in [0.2, 0.25) is 0 Å². The summed E-state index contributed by atoms with van der Waals surface area (Å²) in [6.07, 6.45) is 1.41. The normalized spacial score (nSPS) is 15.4. The Kier molecular flexibility index (Phi) is 2.87. The van der Waals surface area contributed by atoms with E-state index in [2.05, 4.69) is 5.41 Å². The van der Waals surface area contributed by atoms with E-state index >= 15 is 0 Å². The molecule has 1 aliphatic heterocycles. The van der Waals surface area contributed by atoms with Gasteiger partial charge in [0.05, 0.1) is 11.6 Å². The summed E-state index contributed by atoms with van der Waals surface area (Å²) >= 11 is 0. The van der Waals surface area contributed by atoms with Gasteiger partial charge >= 0.3 is 18.9 Å². The summed E-state index contributed by atoms with van der Waals surface area (Å²) in [6.45, 7) is 0. The second-order valence-electron chi connectivity index (χ2n) is 2.63. The van der Waals surface area contributed by atoms with Crippen molar-refractivity contribution < 1.29 is 27.3 Å². The van der Waals surface area contributed by atoms with E-state index in [9.17, 15) is 8.42 Å². The van der Waals surface area contributed by atoms with Crippen LogP contribution in [0.4, 0.5) is 0 Å². The maximum absolute atomic E-state index is 11.3. The molecule has 0 saturated heterocycles. The summed E-state index contributed by atoms with van der Waals surface area (Å²) in [5.41, 5.74) is 0.943. The Morgan fingerprint density at radius 2 is 2.07 bits per heavy atom. The minimum absolute atomic E-state index is 0. The Bertz CT molecular complexity index is 540. The summed E-state index contributed by atoms with van der Waals surface area (Å²) in [7, 11) is -3.39. The zero-order chi connectivity index (χ0) is 9.47. The Morgan fingerprint density at radius 3 is 2.71 bits per heavy atom. The fraction of sp³-hybridized carbons (Fsp3) is 0. The number of hydrogen-bond donors (Lipinski definition) is 0. The molecule has 1 aromatic rings. The van der Waals surface area contributed by atoms with Gasteiger partial charge in [-0.1, -0.05) is 6.07 Å². The first-order valence-electron chi connectivity index (χ1n) is 3.53. The number of benzene rings is 1. The van der Waals surface area contributed by atoms with Gasteiger partial charge in [-0.3, -0.25) is 0 Å². The van der Waals surface area contributed by atoms with E-state index in [1.807, 2.05) is 6.07 Å². The molecule has 1 heterocycles. The van der Waals surface area contributed by atoms with Crippen molar-refractivity contribution in [2.24, 2.45) is 0 Å². The Hall–Kier alpha value is -1.00. The maximum atomic E-state index is 11.3. The first-order valence-corrected chi connectivity index (χ1v) is 5.01. The number of nitriles is 1. The van der Waals surface area contributed by atoms with E-state index in [0.29, 0.717) is 11.1 Å². The average Bonchev–Trinajstić information content (AvgIpc) is 2.42. The molecule has 0 radical (unpaired) electrons. The zero-order valence-corrected chi connectivity index (χ0v) is 8.30. The van der Waals surface area contributed by atoms with Gasteiger partial charge < -0.3 is 0 Å². The van der Waals surface area contributed by atoms with Crippen LogP contribution in [0.1, 0.15) is 11.1 Å². The van der Waals surface area contributed by atoms with Crippen molar-refractivity contribution in [1.29, 1.82) is 5.26 Å². The van der Waals surface area contributed by atoms with Crippen LogP contribution in [0.25, 0.3) is 6.08 Å². The molecule has 0 fully saturated rings. The number of fused-ring (bicyclic) bond motifs is 1. The summed E-state index contributed by atoms with van der Waals surface area (Å²) in [5.74, 6) is 0. The first kappa shape index (κ1) is 11.1. The van der Waals surface area contributed by atoms with Crippen molar-refractivity contribution in [3.8, 4) is 6.07 Å². The predicted octanol–water partition coefficient (Wildman–Crippen LogP) is -1.88. The van der Waals surface area contributed by atoms with E-state index in [1.54, 1.807) is 12.1 Å². The molecule has 0 amide bonds. The third-order valence-corrected chi connectivity index (χ3v) is 3.16. The van der Waals surface area contributed by atoms with Gasteiger partial charge in [0.15, 0.2) is 0 Å². The minimum Gasteiger partial charge on any atom is -0.240 e. The topological polar surface area (TPSA) is 57.9 Å². The monoisotopic (exact) mass is 197 g/mol. The van der Waals surface area contributed by atoms with Crippen molar-refractivity contribution in [1.82, 2.24) is 0 Å². The van der Waals surface area contributed by atoms with Crippen LogP contribution >= 0.6 is 0 Å². The van der Waals surface area contributed by atoms with E-state index in [4.69, 9.17) is 5.26 Å². The number of nitrogens with zero attached hydrogens (tertiary/aromatic N) is 1. The number of hydrogen-bond acceptors (Lipinski definition) is 3. The SMILES string of the molecule is N#Cc1ccc2c(c1)S(=O)(=O)[C-]=C2.[Li+]. The molecule has 0 spiro atoms. The molecule has 5 heteroatoms. The quantitative estimate of drug-likeness (QED) is 0.361. The van der Waals surface area contributed by atoms with Crippen molar-refractivity contribution in [2.75, 3.05) is 0 Å². The standard InChI is InChI=1S/C9H4NO2S.Li/c10-6-7-1-2-8-3-4-13(11,12)9(8)5-7;/h1-3,5H;/q-1;+1. The van der Waals surface area contributed by atoms with Crippen molar-refractivity contribution in [2.45, 2.75) is 4.90 Å². The van der Waals surface area contributed by atoms with Crippen LogP contribution in [0.15, 0.2) is 23.1 Å². The second kappa shape index (κ2) is 3.63. The Labute approximate surface area is 94.1 Å². The van der Waals surface area contributed by atoms with Crippen molar-refractivity contribution in [3.05, 3.63) is 34.7 Å². The van der Waals surface area contributed by atoms with Crippen LogP contribution < -0.4 is 18.9 Å². The molecular weight excluding hydrogens is 193 g/mol. The molecular formula is C9H4LiNO2S. The predicted molar refractivity (Wildman–Crippen MR) is 46.0 cm³/mol. The van der Waals surface area contributed by atoms with Crippen LogP contribution in [-0.2, 0) is 9.84 Å². The molecule has 0 aliphatic carbocycles. The van der Waals surface area contributed by atoms with Gasteiger partial charge in [-0.25, -0.2) is 14.5 Å². The minimum atomic E-state index is -3.39. The third-order valence-electron chi connectivity index (χ3n) is 1.80. The molecule has 3 nitrogen and oxygen atoms in total. The fourth-order valence-electron chi connectivity index (χ4n) is 1.16. The molecule has 0 atom stereocenters. The van der Waals surface area contributed by atoms with Crippen LogP contribution in [0.5, 0.6) is 0 Å². The van der Waals surface area contributed by atoms with Gasteiger partial charge in [-0.15, -0.1) is 11.5 Å². The molecule has 14 heavy (non-hydrogen) atoms. The molecule has 0 bridgehead atoms. The largest absolute Gasteiger partial charge is 1.00 e. The maximum Gasteiger partial charge on any atom is 1.00 e. The third kappa shape index (κ3) is 1.63. The molecule has 64 valence electrons. The van der Waals surface area contributed by atoms with Gasteiger partial charge in [-0.2, -0.15) is 10.8 Å². The fourth-order valence-corrected chi connectivity index (χ4v) is 2.29. The zero-order valence-electron chi connectivity index (χ0n) is 7.48. The van der Waals surface area contributed by atoms with Gasteiger partial charge in [0, 0.05) is 0 Å². The van der Waals surface area contributed by atoms with E-state index in [1.165, 1.54) is 12.1 Å². The summed E-state index contributed by atoms with van der Waals surface area (Å²) < 4.78 is 22.5.